The maximum Gasteiger partial charge on any atom is 0.164 e. The zero-order valence-electron chi connectivity index (χ0n) is 30.2. The summed E-state index contributed by atoms with van der Waals surface area (Å²) in [7, 11) is 0. The van der Waals surface area contributed by atoms with Crippen molar-refractivity contribution in [3.05, 3.63) is 194 Å². The summed E-state index contributed by atoms with van der Waals surface area (Å²) in [5.74, 6) is 1.90. The van der Waals surface area contributed by atoms with Crippen LogP contribution < -0.4 is 0 Å². The zero-order chi connectivity index (χ0) is 37.0. The molecule has 3 heterocycles. The van der Waals surface area contributed by atoms with Crippen LogP contribution in [-0.2, 0) is 0 Å². The smallest absolute Gasteiger partial charge is 0.164 e. The van der Waals surface area contributed by atoms with Crippen LogP contribution in [0.5, 0.6) is 0 Å². The molecular formula is C51H32N4S. The maximum absolute atomic E-state index is 5.10. The summed E-state index contributed by atoms with van der Waals surface area (Å²) in [6.07, 6.45) is 0. The summed E-state index contributed by atoms with van der Waals surface area (Å²) in [5.41, 5.74) is 10.9. The second-order valence-electron chi connectivity index (χ2n) is 14.0. The molecule has 11 aromatic rings. The van der Waals surface area contributed by atoms with Crippen molar-refractivity contribution < 1.29 is 0 Å². The Balaban J connectivity index is 1.04. The molecule has 0 radical (unpaired) electrons. The fourth-order valence-corrected chi connectivity index (χ4v) is 9.15. The third-order valence-electron chi connectivity index (χ3n) is 10.7. The highest BCUT2D eigenvalue weighted by atomic mass is 32.1. The van der Waals surface area contributed by atoms with Crippen LogP contribution in [0.15, 0.2) is 194 Å². The Morgan fingerprint density at radius 1 is 0.321 bits per heavy atom. The van der Waals surface area contributed by atoms with Crippen molar-refractivity contribution >= 4 is 53.3 Å². The highest BCUT2D eigenvalue weighted by Crippen LogP contribution is 2.43. The molecular weight excluding hydrogens is 701 g/mol. The number of aromatic nitrogens is 4. The van der Waals surface area contributed by atoms with E-state index in [0.717, 1.165) is 33.5 Å². The van der Waals surface area contributed by atoms with Gasteiger partial charge in [0.1, 0.15) is 0 Å². The van der Waals surface area contributed by atoms with Gasteiger partial charge in [0.25, 0.3) is 0 Å². The minimum Gasteiger partial charge on any atom is -0.308 e. The molecule has 0 aliphatic rings. The molecule has 262 valence electrons. The first-order chi connectivity index (χ1) is 27.7. The van der Waals surface area contributed by atoms with Crippen LogP contribution in [0.3, 0.4) is 0 Å². The third-order valence-corrected chi connectivity index (χ3v) is 11.9. The van der Waals surface area contributed by atoms with E-state index in [9.17, 15) is 0 Å². The number of fused-ring (bicyclic) bond motifs is 7. The average Bonchev–Trinajstić information content (AvgIpc) is 3.83. The molecule has 0 fully saturated rings. The van der Waals surface area contributed by atoms with Gasteiger partial charge in [-0.25, -0.2) is 15.0 Å². The largest absolute Gasteiger partial charge is 0.308 e. The van der Waals surface area contributed by atoms with Gasteiger partial charge in [-0.3, -0.25) is 0 Å². The van der Waals surface area contributed by atoms with Crippen LogP contribution >= 0.6 is 11.3 Å². The lowest BCUT2D eigenvalue weighted by Crippen LogP contribution is -2.00. The minimum atomic E-state index is 0.630. The van der Waals surface area contributed by atoms with Crippen LogP contribution in [0.25, 0.3) is 104 Å². The molecule has 0 atom stereocenters. The van der Waals surface area contributed by atoms with E-state index in [1.807, 2.05) is 23.5 Å². The Morgan fingerprint density at radius 2 is 0.750 bits per heavy atom. The molecule has 0 spiro atoms. The molecule has 0 amide bonds. The molecule has 4 nitrogen and oxygen atoms in total. The Kier molecular flexibility index (Phi) is 7.64. The molecule has 0 saturated heterocycles. The van der Waals surface area contributed by atoms with E-state index in [2.05, 4.69) is 187 Å². The molecule has 0 aliphatic carbocycles. The lowest BCUT2D eigenvalue weighted by molar-refractivity contribution is 1.07. The molecule has 0 saturated carbocycles. The summed E-state index contributed by atoms with van der Waals surface area (Å²) in [6.45, 7) is 0. The monoisotopic (exact) mass is 732 g/mol. The third kappa shape index (κ3) is 5.48. The lowest BCUT2D eigenvalue weighted by atomic mass is 10.0. The molecule has 5 heteroatoms. The normalized spacial score (nSPS) is 11.6. The van der Waals surface area contributed by atoms with Crippen LogP contribution in [0, 0.1) is 0 Å². The van der Waals surface area contributed by atoms with Crippen LogP contribution in [0.1, 0.15) is 0 Å². The Hall–Kier alpha value is -7.21. The summed E-state index contributed by atoms with van der Waals surface area (Å²) in [5, 5.41) is 5.09. The first-order valence-corrected chi connectivity index (χ1v) is 19.6. The predicted octanol–water partition coefficient (Wildman–Crippen LogP) is 13.7. The second kappa shape index (κ2) is 13.3. The summed E-state index contributed by atoms with van der Waals surface area (Å²) < 4.78 is 5.01. The molecule has 0 unspecified atom stereocenters. The van der Waals surface area contributed by atoms with Gasteiger partial charge in [0.2, 0.25) is 0 Å². The predicted molar refractivity (Wildman–Crippen MR) is 234 cm³/mol. The van der Waals surface area contributed by atoms with Crippen LogP contribution in [0.4, 0.5) is 0 Å². The van der Waals surface area contributed by atoms with Gasteiger partial charge in [0, 0.05) is 48.6 Å². The van der Waals surface area contributed by atoms with E-state index in [1.54, 1.807) is 0 Å². The van der Waals surface area contributed by atoms with Gasteiger partial charge in [-0.1, -0.05) is 158 Å². The van der Waals surface area contributed by atoms with Crippen molar-refractivity contribution in [3.8, 4) is 62.1 Å². The van der Waals surface area contributed by atoms with Gasteiger partial charge in [0.05, 0.1) is 15.7 Å². The topological polar surface area (TPSA) is 43.6 Å². The van der Waals surface area contributed by atoms with Crippen LogP contribution in [-0.4, -0.2) is 19.5 Å². The fraction of sp³-hybridized carbons (Fsp3) is 0. The summed E-state index contributed by atoms with van der Waals surface area (Å²) in [6, 6.07) is 68.4. The van der Waals surface area contributed by atoms with Crippen molar-refractivity contribution in [1.29, 1.82) is 0 Å². The van der Waals surface area contributed by atoms with Crippen LogP contribution in [0.2, 0.25) is 0 Å². The van der Waals surface area contributed by atoms with Gasteiger partial charge < -0.3 is 4.57 Å². The molecule has 8 aromatic carbocycles. The van der Waals surface area contributed by atoms with Crippen molar-refractivity contribution in [1.82, 2.24) is 19.5 Å². The quantitative estimate of drug-likeness (QED) is 0.171. The first-order valence-electron chi connectivity index (χ1n) is 18.8. The standard InChI is InChI=1S/C51H32N4S/c1-3-11-33(12-4-1)35-19-23-37(24-20-35)49-52-50(38-25-21-36(22-26-38)34-13-5-2-6-14-34)54-51(53-49)39-27-29-40(30-28-39)55-45-17-9-7-15-41(45)43-31-32-44-42-16-8-10-18-46(42)56-48(44)47(43)55/h1-32H. The molecule has 0 N–H and O–H groups in total. The van der Waals surface area contributed by atoms with Crippen molar-refractivity contribution in [2.45, 2.75) is 0 Å². The molecule has 56 heavy (non-hydrogen) atoms. The van der Waals surface area contributed by atoms with E-state index >= 15 is 0 Å². The fourth-order valence-electron chi connectivity index (χ4n) is 7.91. The number of thiophene rings is 1. The van der Waals surface area contributed by atoms with Crippen molar-refractivity contribution in [2.75, 3.05) is 0 Å². The van der Waals surface area contributed by atoms with E-state index in [1.165, 1.54) is 53.1 Å². The van der Waals surface area contributed by atoms with E-state index in [-0.39, 0.29) is 0 Å². The highest BCUT2D eigenvalue weighted by Gasteiger charge is 2.19. The van der Waals surface area contributed by atoms with Gasteiger partial charge >= 0.3 is 0 Å². The number of hydrogen-bond acceptors (Lipinski definition) is 4. The Bertz CT molecular complexity index is 3100. The first kappa shape index (κ1) is 32.2. The highest BCUT2D eigenvalue weighted by molar-refractivity contribution is 7.26. The average molecular weight is 733 g/mol. The van der Waals surface area contributed by atoms with E-state index in [0.29, 0.717) is 17.5 Å². The molecule has 0 aliphatic heterocycles. The van der Waals surface area contributed by atoms with Crippen molar-refractivity contribution in [3.63, 3.8) is 0 Å². The molecule has 3 aromatic heterocycles. The van der Waals surface area contributed by atoms with Gasteiger partial charge in [-0.15, -0.1) is 11.3 Å². The number of hydrogen-bond donors (Lipinski definition) is 0. The second-order valence-corrected chi connectivity index (χ2v) is 15.1. The SMILES string of the molecule is c1ccc(-c2ccc(-c3nc(-c4ccc(-c5ccccc5)cc4)nc(-c4ccc(-n5c6ccccc6c6ccc7c8ccccc8sc7c65)cc4)n3)cc2)cc1. The van der Waals surface area contributed by atoms with Gasteiger partial charge in [-0.05, 0) is 58.7 Å². The molecule has 0 bridgehead atoms. The summed E-state index contributed by atoms with van der Waals surface area (Å²) >= 11 is 1.87. The number of nitrogens with zero attached hydrogens (tertiary/aromatic N) is 4. The minimum absolute atomic E-state index is 0.630. The number of rotatable bonds is 6. The van der Waals surface area contributed by atoms with E-state index in [4.69, 9.17) is 15.0 Å². The maximum atomic E-state index is 5.10. The Labute approximate surface area is 327 Å². The van der Waals surface area contributed by atoms with Crippen molar-refractivity contribution in [2.24, 2.45) is 0 Å². The number of para-hydroxylation sites is 1. The van der Waals surface area contributed by atoms with E-state index < -0.39 is 0 Å². The Morgan fingerprint density at radius 3 is 1.32 bits per heavy atom. The lowest BCUT2D eigenvalue weighted by Gasteiger charge is -2.11. The number of benzene rings is 8. The summed E-state index contributed by atoms with van der Waals surface area (Å²) in [4.78, 5) is 15.2. The van der Waals surface area contributed by atoms with Gasteiger partial charge in [-0.2, -0.15) is 0 Å². The molecule has 11 rings (SSSR count). The zero-order valence-corrected chi connectivity index (χ0v) is 31.0. The van der Waals surface area contributed by atoms with Gasteiger partial charge in [0.15, 0.2) is 17.5 Å².